The number of hydrogen-bond donors (Lipinski definition) is 1. The van der Waals surface area contributed by atoms with Crippen molar-refractivity contribution in [2.45, 2.75) is 6.92 Å². The molecule has 0 spiro atoms. The Morgan fingerprint density at radius 2 is 1.51 bits per heavy atom. The van der Waals surface area contributed by atoms with Crippen molar-refractivity contribution in [3.05, 3.63) is 115 Å². The van der Waals surface area contributed by atoms with Gasteiger partial charge < -0.3 is 5.11 Å². The number of nitrogens with zero attached hydrogens (tertiary/aromatic N) is 4. The lowest BCUT2D eigenvalue weighted by Gasteiger charge is -2.11. The fourth-order valence-corrected chi connectivity index (χ4v) is 4.46. The second kappa shape index (κ2) is 8.54. The van der Waals surface area contributed by atoms with E-state index in [2.05, 4.69) is 44.9 Å². The Labute approximate surface area is 203 Å². The summed E-state index contributed by atoms with van der Waals surface area (Å²) in [5.41, 5.74) is 8.29. The number of imidazole rings is 1. The van der Waals surface area contributed by atoms with Crippen molar-refractivity contribution in [1.29, 1.82) is 0 Å². The maximum absolute atomic E-state index is 10.7. The fourth-order valence-electron chi connectivity index (χ4n) is 4.46. The van der Waals surface area contributed by atoms with Crippen LogP contribution >= 0.6 is 0 Å². The highest BCUT2D eigenvalue weighted by atomic mass is 16.3. The van der Waals surface area contributed by atoms with Gasteiger partial charge in [0.1, 0.15) is 11.6 Å². The third kappa shape index (κ3) is 3.73. The molecule has 0 saturated heterocycles. The summed E-state index contributed by atoms with van der Waals surface area (Å²) in [6.07, 6.45) is 3.29. The lowest BCUT2D eigenvalue weighted by Crippen LogP contribution is -1.98. The number of fused-ring (bicyclic) bond motifs is 1. The van der Waals surface area contributed by atoms with Crippen molar-refractivity contribution in [2.75, 3.05) is 0 Å². The molecular formula is C30H22N4O. The normalized spacial score (nSPS) is 11.1. The van der Waals surface area contributed by atoms with Crippen molar-refractivity contribution in [3.63, 3.8) is 0 Å². The SMILES string of the molecule is Cc1cc(-c2nc3c(-c4cccc(-c5ccccn5)c4)cccc3n2-c2ccccc2)c(O)cn1. The van der Waals surface area contributed by atoms with E-state index in [-0.39, 0.29) is 5.75 Å². The number of rotatable bonds is 4. The van der Waals surface area contributed by atoms with Gasteiger partial charge in [-0.15, -0.1) is 0 Å². The minimum absolute atomic E-state index is 0.0989. The molecule has 0 radical (unpaired) electrons. The Kier molecular flexibility index (Phi) is 5.08. The van der Waals surface area contributed by atoms with Crippen LogP contribution in [0.4, 0.5) is 0 Å². The molecule has 0 bridgehead atoms. The predicted octanol–water partition coefficient (Wildman–Crippen LogP) is 6.83. The Balaban J connectivity index is 1.62. The van der Waals surface area contributed by atoms with E-state index in [0.717, 1.165) is 44.8 Å². The molecule has 5 nitrogen and oxygen atoms in total. The summed E-state index contributed by atoms with van der Waals surface area (Å²) in [6, 6.07) is 32.4. The summed E-state index contributed by atoms with van der Waals surface area (Å²) in [6.45, 7) is 1.91. The molecular weight excluding hydrogens is 432 g/mol. The minimum atomic E-state index is 0.0989. The monoisotopic (exact) mass is 454 g/mol. The number of para-hydroxylation sites is 2. The molecule has 35 heavy (non-hydrogen) atoms. The van der Waals surface area contributed by atoms with Gasteiger partial charge in [0, 0.05) is 28.7 Å². The predicted molar refractivity (Wildman–Crippen MR) is 139 cm³/mol. The molecule has 0 aliphatic heterocycles. The Bertz CT molecular complexity index is 1660. The van der Waals surface area contributed by atoms with E-state index in [1.165, 1.54) is 6.20 Å². The highest BCUT2D eigenvalue weighted by Crippen LogP contribution is 2.37. The van der Waals surface area contributed by atoms with Crippen LogP contribution in [0.5, 0.6) is 5.75 Å². The van der Waals surface area contributed by atoms with Gasteiger partial charge in [0.2, 0.25) is 0 Å². The molecule has 3 aromatic heterocycles. The third-order valence-corrected chi connectivity index (χ3v) is 6.09. The molecule has 0 unspecified atom stereocenters. The molecule has 6 rings (SSSR count). The average Bonchev–Trinajstić information content (AvgIpc) is 3.31. The molecule has 0 amide bonds. The molecule has 0 aliphatic rings. The van der Waals surface area contributed by atoms with Gasteiger partial charge in [0.05, 0.1) is 28.5 Å². The van der Waals surface area contributed by atoms with E-state index in [1.807, 2.05) is 73.7 Å². The number of aromatic hydroxyl groups is 1. The minimum Gasteiger partial charge on any atom is -0.506 e. The number of aryl methyl sites for hydroxylation is 1. The molecule has 1 N–H and O–H groups in total. The second-order valence-electron chi connectivity index (χ2n) is 8.42. The zero-order valence-corrected chi connectivity index (χ0v) is 19.1. The van der Waals surface area contributed by atoms with Crippen LogP contribution < -0.4 is 0 Å². The van der Waals surface area contributed by atoms with Gasteiger partial charge >= 0.3 is 0 Å². The highest BCUT2D eigenvalue weighted by molar-refractivity contribution is 5.96. The van der Waals surface area contributed by atoms with E-state index in [1.54, 1.807) is 6.20 Å². The van der Waals surface area contributed by atoms with Crippen molar-refractivity contribution < 1.29 is 5.11 Å². The van der Waals surface area contributed by atoms with E-state index >= 15 is 0 Å². The van der Waals surface area contributed by atoms with Crippen molar-refractivity contribution >= 4 is 11.0 Å². The van der Waals surface area contributed by atoms with Crippen LogP contribution in [0.2, 0.25) is 0 Å². The van der Waals surface area contributed by atoms with Crippen molar-refractivity contribution in [2.24, 2.45) is 0 Å². The molecule has 3 heterocycles. The van der Waals surface area contributed by atoms with Crippen LogP contribution in [0.15, 0.2) is 109 Å². The summed E-state index contributed by atoms with van der Waals surface area (Å²) < 4.78 is 2.09. The first-order chi connectivity index (χ1) is 17.2. The summed E-state index contributed by atoms with van der Waals surface area (Å²) in [5, 5.41) is 10.7. The van der Waals surface area contributed by atoms with Gasteiger partial charge in [0.25, 0.3) is 0 Å². The number of pyridine rings is 2. The topological polar surface area (TPSA) is 63.8 Å². The van der Waals surface area contributed by atoms with E-state index < -0.39 is 0 Å². The molecule has 0 saturated carbocycles. The first-order valence-corrected chi connectivity index (χ1v) is 11.4. The van der Waals surface area contributed by atoms with E-state index in [0.29, 0.717) is 11.4 Å². The number of hydrogen-bond acceptors (Lipinski definition) is 4. The quantitative estimate of drug-likeness (QED) is 0.317. The van der Waals surface area contributed by atoms with Crippen LogP contribution in [0.1, 0.15) is 5.69 Å². The molecule has 3 aromatic carbocycles. The summed E-state index contributed by atoms with van der Waals surface area (Å²) in [4.78, 5) is 13.8. The molecule has 0 atom stereocenters. The van der Waals surface area contributed by atoms with Crippen LogP contribution in [0.3, 0.4) is 0 Å². The smallest absolute Gasteiger partial charge is 0.149 e. The first-order valence-electron chi connectivity index (χ1n) is 11.4. The van der Waals surface area contributed by atoms with Gasteiger partial charge in [-0.05, 0) is 55.0 Å². The zero-order chi connectivity index (χ0) is 23.8. The van der Waals surface area contributed by atoms with Crippen LogP contribution in [0, 0.1) is 6.92 Å². The van der Waals surface area contributed by atoms with Crippen LogP contribution in [-0.2, 0) is 0 Å². The molecule has 168 valence electrons. The number of benzene rings is 3. The van der Waals surface area contributed by atoms with Crippen LogP contribution in [-0.4, -0.2) is 24.6 Å². The maximum Gasteiger partial charge on any atom is 0.149 e. The summed E-state index contributed by atoms with van der Waals surface area (Å²) in [7, 11) is 0. The number of aromatic nitrogens is 4. The largest absolute Gasteiger partial charge is 0.506 e. The van der Waals surface area contributed by atoms with Gasteiger partial charge in [0.15, 0.2) is 0 Å². The summed E-state index contributed by atoms with van der Waals surface area (Å²) >= 11 is 0. The first kappa shape index (κ1) is 20.8. The molecule has 5 heteroatoms. The van der Waals surface area contributed by atoms with Crippen molar-refractivity contribution in [1.82, 2.24) is 19.5 Å². The maximum atomic E-state index is 10.7. The van der Waals surface area contributed by atoms with E-state index in [9.17, 15) is 5.11 Å². The standard InChI is InChI=1S/C30H22N4O/c1-20-17-25(28(35)19-32-20)30-33-29-24(13-8-15-27(29)34(30)23-11-3-2-4-12-23)21-9-7-10-22(18-21)26-14-5-6-16-31-26/h2-19,35H,1H3. The lowest BCUT2D eigenvalue weighted by molar-refractivity contribution is 0.474. The summed E-state index contributed by atoms with van der Waals surface area (Å²) in [5.74, 6) is 0.768. The van der Waals surface area contributed by atoms with Gasteiger partial charge in [-0.3, -0.25) is 14.5 Å². The van der Waals surface area contributed by atoms with Gasteiger partial charge in [-0.25, -0.2) is 4.98 Å². The van der Waals surface area contributed by atoms with Crippen LogP contribution in [0.25, 0.3) is 50.5 Å². The lowest BCUT2D eigenvalue weighted by atomic mass is 10.0. The van der Waals surface area contributed by atoms with Crippen molar-refractivity contribution in [3.8, 4) is 45.2 Å². The Morgan fingerprint density at radius 1 is 0.714 bits per heavy atom. The fraction of sp³-hybridized carbons (Fsp3) is 0.0333. The average molecular weight is 455 g/mol. The second-order valence-corrected chi connectivity index (χ2v) is 8.42. The molecule has 0 aliphatic carbocycles. The third-order valence-electron chi connectivity index (χ3n) is 6.09. The highest BCUT2D eigenvalue weighted by Gasteiger charge is 2.20. The van der Waals surface area contributed by atoms with Gasteiger partial charge in [-0.1, -0.05) is 54.6 Å². The Hall–Kier alpha value is -4.77. The molecule has 0 fully saturated rings. The van der Waals surface area contributed by atoms with E-state index in [4.69, 9.17) is 4.98 Å². The van der Waals surface area contributed by atoms with Gasteiger partial charge in [-0.2, -0.15) is 0 Å². The Morgan fingerprint density at radius 3 is 2.34 bits per heavy atom. The molecule has 6 aromatic rings. The zero-order valence-electron chi connectivity index (χ0n) is 19.1.